The van der Waals surface area contributed by atoms with E-state index in [4.69, 9.17) is 9.97 Å². The molecule has 6 rings (SSSR count). The summed E-state index contributed by atoms with van der Waals surface area (Å²) in [5.74, 6) is 3.42. The predicted octanol–water partition coefficient (Wildman–Crippen LogP) is 4.22. The molecule has 1 saturated heterocycles. The molecule has 8 heteroatoms. The Labute approximate surface area is 187 Å². The average molecular weight is 427 g/mol. The molecule has 2 aliphatic heterocycles. The molecule has 0 aliphatic carbocycles. The van der Waals surface area contributed by atoms with Crippen molar-refractivity contribution in [2.45, 2.75) is 51.5 Å². The van der Waals surface area contributed by atoms with Gasteiger partial charge in [0.15, 0.2) is 11.6 Å². The largest absolute Gasteiger partial charge is 0.342 e. The van der Waals surface area contributed by atoms with E-state index >= 15 is 0 Å². The van der Waals surface area contributed by atoms with Crippen LogP contribution >= 0.6 is 0 Å². The summed E-state index contributed by atoms with van der Waals surface area (Å²) in [4.78, 5) is 12.3. The molecule has 5 heterocycles. The van der Waals surface area contributed by atoms with Gasteiger partial charge in [-0.15, -0.1) is 10.2 Å². The SMILES string of the molecule is CCC12CCCCCN1c1nc(-n3nccc3-c3ccccc3)ncc1-n1c(C)nnc12. The maximum Gasteiger partial charge on any atom is 0.253 e. The Hall–Kier alpha value is -3.55. The van der Waals surface area contributed by atoms with Crippen LogP contribution in [0.5, 0.6) is 0 Å². The van der Waals surface area contributed by atoms with E-state index in [0.29, 0.717) is 5.95 Å². The fourth-order valence-electron chi connectivity index (χ4n) is 5.34. The smallest absolute Gasteiger partial charge is 0.253 e. The summed E-state index contributed by atoms with van der Waals surface area (Å²) in [7, 11) is 0. The molecule has 8 nitrogen and oxygen atoms in total. The second-order valence-electron chi connectivity index (χ2n) is 8.63. The first-order chi connectivity index (χ1) is 15.7. The number of anilines is 1. The van der Waals surface area contributed by atoms with Gasteiger partial charge in [0.1, 0.15) is 17.1 Å². The fraction of sp³-hybridized carbons (Fsp3) is 0.375. The van der Waals surface area contributed by atoms with Crippen LogP contribution < -0.4 is 4.90 Å². The number of fused-ring (bicyclic) bond motifs is 6. The molecule has 0 N–H and O–H groups in total. The zero-order chi connectivity index (χ0) is 21.7. The second kappa shape index (κ2) is 7.25. The normalized spacial score (nSPS) is 19.8. The molecule has 162 valence electrons. The van der Waals surface area contributed by atoms with Gasteiger partial charge in [-0.1, -0.05) is 50.1 Å². The summed E-state index contributed by atoms with van der Waals surface area (Å²) in [6.07, 6.45) is 9.26. The van der Waals surface area contributed by atoms with Crippen LogP contribution in [0.1, 0.15) is 50.7 Å². The summed E-state index contributed by atoms with van der Waals surface area (Å²) >= 11 is 0. The number of rotatable bonds is 3. The Balaban J connectivity index is 1.56. The van der Waals surface area contributed by atoms with Gasteiger partial charge in [0.25, 0.3) is 5.95 Å². The molecule has 3 aromatic heterocycles. The average Bonchev–Trinajstić information content (AvgIpc) is 3.41. The van der Waals surface area contributed by atoms with Gasteiger partial charge in [0.2, 0.25) is 0 Å². The molecular formula is C24H26N8. The summed E-state index contributed by atoms with van der Waals surface area (Å²) in [5.41, 5.74) is 2.81. The first-order valence-electron chi connectivity index (χ1n) is 11.4. The molecule has 0 radical (unpaired) electrons. The van der Waals surface area contributed by atoms with Crippen molar-refractivity contribution in [1.82, 2.24) is 34.5 Å². The molecule has 0 bridgehead atoms. The number of nitrogens with zero attached hydrogens (tertiary/aromatic N) is 8. The first-order valence-corrected chi connectivity index (χ1v) is 11.4. The number of hydrogen-bond donors (Lipinski definition) is 0. The quantitative estimate of drug-likeness (QED) is 0.488. The minimum absolute atomic E-state index is 0.192. The summed E-state index contributed by atoms with van der Waals surface area (Å²) in [5, 5.41) is 13.7. The third-order valence-corrected chi connectivity index (χ3v) is 6.95. The molecule has 0 amide bonds. The maximum atomic E-state index is 5.12. The molecule has 1 atom stereocenters. The van der Waals surface area contributed by atoms with Crippen molar-refractivity contribution in [1.29, 1.82) is 0 Å². The van der Waals surface area contributed by atoms with E-state index in [-0.39, 0.29) is 5.54 Å². The highest BCUT2D eigenvalue weighted by molar-refractivity contribution is 5.65. The van der Waals surface area contributed by atoms with Crippen molar-refractivity contribution in [3.63, 3.8) is 0 Å². The van der Waals surface area contributed by atoms with Gasteiger partial charge in [-0.3, -0.25) is 4.57 Å². The Kier molecular flexibility index (Phi) is 4.34. The van der Waals surface area contributed by atoms with E-state index in [1.54, 1.807) is 6.20 Å². The highest BCUT2D eigenvalue weighted by Crippen LogP contribution is 2.47. The monoisotopic (exact) mass is 426 g/mol. The van der Waals surface area contributed by atoms with Gasteiger partial charge in [-0.25, -0.2) is 4.98 Å². The zero-order valence-corrected chi connectivity index (χ0v) is 18.4. The number of benzene rings is 1. The van der Waals surface area contributed by atoms with Crippen molar-refractivity contribution < 1.29 is 0 Å². The van der Waals surface area contributed by atoms with Gasteiger partial charge in [0.05, 0.1) is 18.1 Å². The predicted molar refractivity (Wildman–Crippen MR) is 122 cm³/mol. The van der Waals surface area contributed by atoms with Gasteiger partial charge in [-0.2, -0.15) is 14.8 Å². The second-order valence-corrected chi connectivity index (χ2v) is 8.63. The number of aromatic nitrogens is 7. The van der Waals surface area contributed by atoms with Crippen LogP contribution in [0.15, 0.2) is 48.8 Å². The van der Waals surface area contributed by atoms with Crippen molar-refractivity contribution >= 4 is 5.82 Å². The topological polar surface area (TPSA) is 77.5 Å². The Morgan fingerprint density at radius 1 is 1.03 bits per heavy atom. The van der Waals surface area contributed by atoms with Crippen LogP contribution in [0.3, 0.4) is 0 Å². The lowest BCUT2D eigenvalue weighted by Crippen LogP contribution is -2.51. The molecule has 0 saturated carbocycles. The zero-order valence-electron chi connectivity index (χ0n) is 18.4. The lowest BCUT2D eigenvalue weighted by molar-refractivity contribution is 0.329. The summed E-state index contributed by atoms with van der Waals surface area (Å²) < 4.78 is 3.99. The highest BCUT2D eigenvalue weighted by atomic mass is 15.4. The van der Waals surface area contributed by atoms with Crippen LogP contribution in [0.4, 0.5) is 5.82 Å². The van der Waals surface area contributed by atoms with Crippen LogP contribution in [0.2, 0.25) is 0 Å². The van der Waals surface area contributed by atoms with Gasteiger partial charge in [0, 0.05) is 12.1 Å². The van der Waals surface area contributed by atoms with Crippen molar-refractivity contribution in [3.8, 4) is 22.9 Å². The first kappa shape index (κ1) is 19.2. The molecule has 1 aromatic carbocycles. The van der Waals surface area contributed by atoms with Crippen LogP contribution in [-0.2, 0) is 5.54 Å². The minimum atomic E-state index is -0.192. The standard InChI is InChI=1S/C24H26N8/c1-3-24-13-8-5-9-15-30(24)21-20(31-17(2)28-29-22(24)31)16-25-23(27-21)32-19(12-14-26-32)18-10-6-4-7-11-18/h4,6-7,10-12,14,16H,3,5,8-9,13,15H2,1-2H3. The highest BCUT2D eigenvalue weighted by Gasteiger charge is 2.47. The number of aryl methyl sites for hydroxylation is 1. The molecule has 0 spiro atoms. The summed E-state index contributed by atoms with van der Waals surface area (Å²) in [6, 6.07) is 12.2. The van der Waals surface area contributed by atoms with Gasteiger partial charge in [-0.05, 0) is 32.3 Å². The molecule has 32 heavy (non-hydrogen) atoms. The number of hydrogen-bond acceptors (Lipinski definition) is 6. The van der Waals surface area contributed by atoms with Crippen LogP contribution in [-0.4, -0.2) is 41.1 Å². The minimum Gasteiger partial charge on any atom is -0.342 e. The van der Waals surface area contributed by atoms with E-state index < -0.39 is 0 Å². The van der Waals surface area contributed by atoms with Gasteiger partial charge >= 0.3 is 0 Å². The van der Waals surface area contributed by atoms with Crippen LogP contribution in [0.25, 0.3) is 22.9 Å². The van der Waals surface area contributed by atoms with E-state index in [0.717, 1.165) is 60.2 Å². The maximum absolute atomic E-state index is 5.12. The Morgan fingerprint density at radius 2 is 1.91 bits per heavy atom. The lowest BCUT2D eigenvalue weighted by atomic mass is 9.86. The van der Waals surface area contributed by atoms with Crippen molar-refractivity contribution in [2.75, 3.05) is 11.4 Å². The molecule has 4 aromatic rings. The molecule has 1 unspecified atom stereocenters. The Bertz CT molecular complexity index is 1270. The molecule has 2 aliphatic rings. The van der Waals surface area contributed by atoms with Crippen molar-refractivity contribution in [3.05, 3.63) is 60.4 Å². The summed E-state index contributed by atoms with van der Waals surface area (Å²) in [6.45, 7) is 5.21. The third kappa shape index (κ3) is 2.65. The Morgan fingerprint density at radius 3 is 2.75 bits per heavy atom. The van der Waals surface area contributed by atoms with E-state index in [1.807, 2.05) is 42.1 Å². The fourth-order valence-corrected chi connectivity index (χ4v) is 5.34. The van der Waals surface area contributed by atoms with Crippen molar-refractivity contribution in [2.24, 2.45) is 0 Å². The van der Waals surface area contributed by atoms with E-state index in [9.17, 15) is 0 Å². The molecule has 1 fully saturated rings. The van der Waals surface area contributed by atoms with Crippen LogP contribution in [0, 0.1) is 6.92 Å². The van der Waals surface area contributed by atoms with E-state index in [1.165, 1.54) is 12.8 Å². The van der Waals surface area contributed by atoms with E-state index in [2.05, 4.69) is 43.8 Å². The van der Waals surface area contributed by atoms with Gasteiger partial charge < -0.3 is 4.90 Å². The lowest BCUT2D eigenvalue weighted by Gasteiger charge is -2.46. The third-order valence-electron chi connectivity index (χ3n) is 6.95. The molecular weight excluding hydrogens is 400 g/mol.